The standard InChI is InChI=1S/C7H5F3O2S/c1-13(11,12)5-3-2-4(8)6(9)7(5)10/h2-3H,1H2,(H,11,12). The summed E-state index contributed by atoms with van der Waals surface area (Å²) in [5.41, 5.74) is 0. The Morgan fingerprint density at radius 1 is 1.23 bits per heavy atom. The van der Waals surface area contributed by atoms with Crippen molar-refractivity contribution in [3.63, 3.8) is 0 Å². The van der Waals surface area contributed by atoms with E-state index < -0.39 is 32.1 Å². The van der Waals surface area contributed by atoms with Crippen LogP contribution in [0.3, 0.4) is 0 Å². The number of rotatable bonds is 1. The van der Waals surface area contributed by atoms with Crippen molar-refractivity contribution in [2.75, 3.05) is 0 Å². The second-order valence-corrected chi connectivity index (χ2v) is 4.03. The zero-order valence-corrected chi connectivity index (χ0v) is 7.08. The maximum atomic E-state index is 12.8. The van der Waals surface area contributed by atoms with E-state index in [0.717, 1.165) is 0 Å². The van der Waals surface area contributed by atoms with Gasteiger partial charge in [0, 0.05) is 0 Å². The predicted molar refractivity (Wildman–Crippen MR) is 42.5 cm³/mol. The zero-order chi connectivity index (χ0) is 10.2. The Morgan fingerprint density at radius 2 is 1.77 bits per heavy atom. The highest BCUT2D eigenvalue weighted by Gasteiger charge is 2.17. The van der Waals surface area contributed by atoms with Gasteiger partial charge in [0.25, 0.3) is 0 Å². The zero-order valence-electron chi connectivity index (χ0n) is 6.26. The third kappa shape index (κ3) is 1.84. The molecule has 0 fully saturated rings. The molecule has 1 atom stereocenters. The van der Waals surface area contributed by atoms with Crippen LogP contribution in [0.1, 0.15) is 0 Å². The average molecular weight is 210 g/mol. The summed E-state index contributed by atoms with van der Waals surface area (Å²) in [7, 11) is -3.85. The van der Waals surface area contributed by atoms with Crippen LogP contribution in [0, 0.1) is 17.5 Å². The van der Waals surface area contributed by atoms with E-state index in [4.69, 9.17) is 4.55 Å². The van der Waals surface area contributed by atoms with Crippen molar-refractivity contribution >= 4 is 15.7 Å². The molecule has 0 radical (unpaired) electrons. The summed E-state index contributed by atoms with van der Waals surface area (Å²) in [5, 5.41) is 0. The molecule has 1 aromatic carbocycles. The fraction of sp³-hybridized carbons (Fsp3) is 0. The van der Waals surface area contributed by atoms with E-state index in [1.807, 2.05) is 0 Å². The van der Waals surface area contributed by atoms with Crippen LogP contribution in [0.2, 0.25) is 0 Å². The van der Waals surface area contributed by atoms with Crippen molar-refractivity contribution in [3.8, 4) is 0 Å². The van der Waals surface area contributed by atoms with Gasteiger partial charge < -0.3 is 4.55 Å². The second-order valence-electron chi connectivity index (χ2n) is 2.31. The van der Waals surface area contributed by atoms with E-state index in [9.17, 15) is 17.4 Å². The Morgan fingerprint density at radius 3 is 2.23 bits per heavy atom. The molecule has 0 spiro atoms. The molecule has 1 unspecified atom stereocenters. The Bertz CT molecular complexity index is 439. The number of hydrogen-bond donors (Lipinski definition) is 1. The van der Waals surface area contributed by atoms with Gasteiger partial charge in [-0.05, 0) is 18.0 Å². The fourth-order valence-electron chi connectivity index (χ4n) is 0.755. The van der Waals surface area contributed by atoms with Crippen LogP contribution in [0.25, 0.3) is 0 Å². The van der Waals surface area contributed by atoms with E-state index in [1.165, 1.54) is 0 Å². The van der Waals surface area contributed by atoms with Gasteiger partial charge in [-0.2, -0.15) is 0 Å². The largest absolute Gasteiger partial charge is 0.310 e. The van der Waals surface area contributed by atoms with Crippen LogP contribution in [-0.4, -0.2) is 14.6 Å². The molecule has 13 heavy (non-hydrogen) atoms. The lowest BCUT2D eigenvalue weighted by Gasteiger charge is -2.03. The highest BCUT2D eigenvalue weighted by molar-refractivity contribution is 7.95. The topological polar surface area (TPSA) is 37.3 Å². The summed E-state index contributed by atoms with van der Waals surface area (Å²) in [6.45, 7) is 0. The minimum absolute atomic E-state index is 0.564. The van der Waals surface area contributed by atoms with Gasteiger partial charge in [0.1, 0.15) is 9.80 Å². The van der Waals surface area contributed by atoms with E-state index in [2.05, 4.69) is 5.87 Å². The quantitative estimate of drug-likeness (QED) is 0.565. The Labute approximate surface area is 72.8 Å². The number of benzene rings is 1. The summed E-state index contributed by atoms with van der Waals surface area (Å²) in [4.78, 5) is -0.841. The summed E-state index contributed by atoms with van der Waals surface area (Å²) in [6.07, 6.45) is 0. The molecule has 0 aliphatic heterocycles. The first kappa shape index (κ1) is 10.1. The van der Waals surface area contributed by atoms with Crippen molar-refractivity contribution in [2.45, 2.75) is 4.90 Å². The molecule has 2 nitrogen and oxygen atoms in total. The Kier molecular flexibility index (Phi) is 2.36. The van der Waals surface area contributed by atoms with Crippen molar-refractivity contribution in [1.82, 2.24) is 0 Å². The highest BCUT2D eigenvalue weighted by Crippen LogP contribution is 2.18. The lowest BCUT2D eigenvalue weighted by molar-refractivity contribution is 0.430. The SMILES string of the molecule is C=S(=O)(O)c1ccc(F)c(F)c1F. The highest BCUT2D eigenvalue weighted by atomic mass is 32.2. The van der Waals surface area contributed by atoms with E-state index >= 15 is 0 Å². The van der Waals surface area contributed by atoms with Crippen molar-refractivity contribution in [1.29, 1.82) is 0 Å². The smallest absolute Gasteiger partial charge is 0.195 e. The molecule has 0 heterocycles. The maximum Gasteiger partial charge on any atom is 0.195 e. The summed E-state index contributed by atoms with van der Waals surface area (Å²) in [5.74, 6) is -2.14. The van der Waals surface area contributed by atoms with Crippen molar-refractivity contribution in [2.24, 2.45) is 0 Å². The summed E-state index contributed by atoms with van der Waals surface area (Å²) < 4.78 is 57.2. The molecule has 1 N–H and O–H groups in total. The molecule has 6 heteroatoms. The normalized spacial score (nSPS) is 15.4. The third-order valence-corrected chi connectivity index (χ3v) is 2.35. The average Bonchev–Trinajstić information content (AvgIpc) is 1.98. The fourth-order valence-corrected chi connectivity index (χ4v) is 1.40. The van der Waals surface area contributed by atoms with Crippen molar-refractivity contribution in [3.05, 3.63) is 29.6 Å². The van der Waals surface area contributed by atoms with Crippen LogP contribution in [-0.2, 0) is 9.80 Å². The lowest BCUT2D eigenvalue weighted by atomic mass is 10.3. The molecule has 0 amide bonds. The molecular formula is C7H5F3O2S. The second kappa shape index (κ2) is 3.04. The van der Waals surface area contributed by atoms with E-state index in [0.29, 0.717) is 12.1 Å². The van der Waals surface area contributed by atoms with Gasteiger partial charge in [-0.3, -0.25) is 0 Å². The predicted octanol–water partition coefficient (Wildman–Crippen LogP) is 1.65. The van der Waals surface area contributed by atoms with Gasteiger partial charge in [0.15, 0.2) is 17.5 Å². The van der Waals surface area contributed by atoms with Crippen LogP contribution in [0.15, 0.2) is 17.0 Å². The van der Waals surface area contributed by atoms with Gasteiger partial charge in [-0.15, -0.1) is 0 Å². The van der Waals surface area contributed by atoms with E-state index in [1.54, 1.807) is 0 Å². The molecule has 72 valence electrons. The number of halogens is 3. The minimum Gasteiger partial charge on any atom is -0.310 e. The molecule has 0 aliphatic carbocycles. The van der Waals surface area contributed by atoms with Crippen molar-refractivity contribution < 1.29 is 21.9 Å². The molecule has 0 saturated carbocycles. The Hall–Kier alpha value is -1.01. The molecule has 0 aliphatic rings. The summed E-state index contributed by atoms with van der Waals surface area (Å²) >= 11 is 0. The lowest BCUT2D eigenvalue weighted by Crippen LogP contribution is -2.04. The molecule has 0 aromatic heterocycles. The van der Waals surface area contributed by atoms with Crippen LogP contribution >= 0.6 is 0 Å². The van der Waals surface area contributed by atoms with Gasteiger partial charge in [-0.1, -0.05) is 0 Å². The van der Waals surface area contributed by atoms with Gasteiger partial charge in [0.2, 0.25) is 0 Å². The van der Waals surface area contributed by atoms with Gasteiger partial charge in [-0.25, -0.2) is 17.4 Å². The van der Waals surface area contributed by atoms with Gasteiger partial charge in [0.05, 0.1) is 4.90 Å². The molecule has 0 saturated heterocycles. The first-order valence-corrected chi connectivity index (χ1v) is 4.75. The van der Waals surface area contributed by atoms with Gasteiger partial charge >= 0.3 is 0 Å². The van der Waals surface area contributed by atoms with Crippen LogP contribution in [0.5, 0.6) is 0 Å². The molecule has 1 aromatic rings. The molecular weight excluding hydrogens is 205 g/mol. The van der Waals surface area contributed by atoms with E-state index in [-0.39, 0.29) is 0 Å². The minimum atomic E-state index is -3.85. The maximum absolute atomic E-state index is 12.8. The number of hydrogen-bond acceptors (Lipinski definition) is 1. The monoisotopic (exact) mass is 210 g/mol. The molecule has 1 rings (SSSR count). The van der Waals surface area contributed by atoms with Crippen LogP contribution in [0.4, 0.5) is 13.2 Å². The summed E-state index contributed by atoms with van der Waals surface area (Å²) in [6, 6.07) is 1.25. The Balaban J connectivity index is 3.53. The van der Waals surface area contributed by atoms with Crippen LogP contribution < -0.4 is 0 Å². The molecule has 0 bridgehead atoms. The first-order chi connectivity index (χ1) is 5.84. The first-order valence-electron chi connectivity index (χ1n) is 3.07. The third-order valence-electron chi connectivity index (χ3n) is 1.34.